The molecule has 1 aliphatic heterocycles. The highest BCUT2D eigenvalue weighted by Crippen LogP contribution is 2.25. The Morgan fingerprint density at radius 3 is 2.48 bits per heavy atom. The largest absolute Gasteiger partial charge is 0.465 e. The zero-order valence-corrected chi connectivity index (χ0v) is 13.9. The van der Waals surface area contributed by atoms with Crippen LogP contribution in [0.5, 0.6) is 0 Å². The number of methoxy groups -OCH3 is 1. The summed E-state index contributed by atoms with van der Waals surface area (Å²) < 4.78 is 4.81. The normalized spacial score (nSPS) is 14.2. The summed E-state index contributed by atoms with van der Waals surface area (Å²) in [7, 11) is 2.79. The molecule has 7 heteroatoms. The van der Waals surface area contributed by atoms with Crippen molar-refractivity contribution in [2.45, 2.75) is 12.8 Å². The molecular formula is C18H17N3O4. The fourth-order valence-electron chi connectivity index (χ4n) is 2.65. The smallest absolute Gasteiger partial charge is 0.339 e. The second-order valence-corrected chi connectivity index (χ2v) is 5.65. The van der Waals surface area contributed by atoms with E-state index in [4.69, 9.17) is 4.74 Å². The topological polar surface area (TPSA) is 88.1 Å². The molecule has 25 heavy (non-hydrogen) atoms. The van der Waals surface area contributed by atoms with Gasteiger partial charge in [-0.2, -0.15) is 5.10 Å². The van der Waals surface area contributed by atoms with E-state index in [9.17, 15) is 14.4 Å². The van der Waals surface area contributed by atoms with Gasteiger partial charge < -0.3 is 10.1 Å². The van der Waals surface area contributed by atoms with Gasteiger partial charge in [0.05, 0.1) is 18.4 Å². The highest BCUT2D eigenvalue weighted by atomic mass is 16.5. The molecule has 1 heterocycles. The average molecular weight is 339 g/mol. The monoisotopic (exact) mass is 339 g/mol. The number of rotatable bonds is 3. The predicted molar refractivity (Wildman–Crippen MR) is 93.4 cm³/mol. The maximum atomic E-state index is 12.5. The van der Waals surface area contributed by atoms with Crippen LogP contribution in [-0.4, -0.2) is 42.7 Å². The number of nitrogens with one attached hydrogen (secondary N) is 1. The lowest BCUT2D eigenvalue weighted by molar-refractivity contribution is -0.130. The summed E-state index contributed by atoms with van der Waals surface area (Å²) in [4.78, 5) is 36.0. The molecule has 0 spiro atoms. The van der Waals surface area contributed by atoms with E-state index in [2.05, 4.69) is 10.4 Å². The summed E-state index contributed by atoms with van der Waals surface area (Å²) in [5, 5.41) is 9.60. The quantitative estimate of drug-likeness (QED) is 0.868. The van der Waals surface area contributed by atoms with Gasteiger partial charge in [0.15, 0.2) is 0 Å². The van der Waals surface area contributed by atoms with Crippen LogP contribution in [-0.2, 0) is 14.3 Å². The summed E-state index contributed by atoms with van der Waals surface area (Å²) in [6.45, 7) is 0. The van der Waals surface area contributed by atoms with Gasteiger partial charge in [-0.1, -0.05) is 24.3 Å². The van der Waals surface area contributed by atoms with E-state index < -0.39 is 11.9 Å². The first-order valence-electron chi connectivity index (χ1n) is 7.76. The van der Waals surface area contributed by atoms with Crippen molar-refractivity contribution in [1.29, 1.82) is 0 Å². The van der Waals surface area contributed by atoms with Gasteiger partial charge in [0.2, 0.25) is 5.91 Å². The van der Waals surface area contributed by atoms with Crippen molar-refractivity contribution in [1.82, 2.24) is 5.01 Å². The molecule has 1 aliphatic rings. The van der Waals surface area contributed by atoms with Gasteiger partial charge in [-0.15, -0.1) is 0 Å². The van der Waals surface area contributed by atoms with Gasteiger partial charge in [-0.05, 0) is 22.9 Å². The molecule has 0 unspecified atom stereocenters. The molecular weight excluding hydrogens is 322 g/mol. The van der Waals surface area contributed by atoms with Crippen molar-refractivity contribution in [3.63, 3.8) is 0 Å². The Balaban J connectivity index is 1.97. The minimum absolute atomic E-state index is 0.141. The number of carbonyl (C=O) groups excluding carboxylic acids is 3. The Morgan fingerprint density at radius 1 is 1.16 bits per heavy atom. The van der Waals surface area contributed by atoms with Crippen molar-refractivity contribution in [2.24, 2.45) is 5.10 Å². The molecule has 2 aromatic carbocycles. The summed E-state index contributed by atoms with van der Waals surface area (Å²) in [5.74, 6) is -1.13. The highest BCUT2D eigenvalue weighted by Gasteiger charge is 2.23. The maximum absolute atomic E-state index is 12.5. The molecule has 0 aliphatic carbocycles. The lowest BCUT2D eigenvalue weighted by atomic mass is 10.0. The van der Waals surface area contributed by atoms with Crippen LogP contribution in [0, 0.1) is 0 Å². The lowest BCUT2D eigenvalue weighted by Crippen LogP contribution is -2.34. The van der Waals surface area contributed by atoms with Crippen LogP contribution in [0.3, 0.4) is 0 Å². The van der Waals surface area contributed by atoms with Gasteiger partial charge in [0, 0.05) is 19.9 Å². The number of carbonyl (C=O) groups is 3. The van der Waals surface area contributed by atoms with Crippen molar-refractivity contribution >= 4 is 40.0 Å². The Hall–Kier alpha value is -3.22. The first-order valence-corrected chi connectivity index (χ1v) is 7.76. The number of anilines is 1. The average Bonchev–Trinajstić information content (AvgIpc) is 2.62. The third kappa shape index (κ3) is 3.35. The Kier molecular flexibility index (Phi) is 4.47. The van der Waals surface area contributed by atoms with E-state index in [1.165, 1.54) is 14.2 Å². The van der Waals surface area contributed by atoms with Crippen LogP contribution < -0.4 is 5.32 Å². The number of fused-ring (bicyclic) bond motifs is 1. The molecule has 0 saturated carbocycles. The Bertz CT molecular complexity index is 904. The number of hydrogen-bond donors (Lipinski definition) is 1. The van der Waals surface area contributed by atoms with Crippen LogP contribution in [0.25, 0.3) is 10.8 Å². The molecule has 3 rings (SSSR count). The molecule has 1 N–H and O–H groups in total. The minimum atomic E-state index is -0.543. The van der Waals surface area contributed by atoms with E-state index in [1.807, 2.05) is 24.3 Å². The molecule has 0 bridgehead atoms. The number of ether oxygens (including phenoxy) is 1. The number of hydrogen-bond acceptors (Lipinski definition) is 5. The predicted octanol–water partition coefficient (Wildman–Crippen LogP) is 2.17. The van der Waals surface area contributed by atoms with Gasteiger partial charge in [0.1, 0.15) is 5.71 Å². The van der Waals surface area contributed by atoms with Gasteiger partial charge in [-0.25, -0.2) is 9.80 Å². The van der Waals surface area contributed by atoms with Crippen molar-refractivity contribution in [3.05, 3.63) is 42.0 Å². The van der Waals surface area contributed by atoms with Crippen LogP contribution in [0.2, 0.25) is 0 Å². The molecule has 0 atom stereocenters. The number of nitrogens with zero attached hydrogens (tertiary/aromatic N) is 2. The van der Waals surface area contributed by atoms with E-state index in [1.54, 1.807) is 12.1 Å². The van der Waals surface area contributed by atoms with Crippen LogP contribution in [0.15, 0.2) is 41.5 Å². The molecule has 7 nitrogen and oxygen atoms in total. The molecule has 0 saturated heterocycles. The zero-order chi connectivity index (χ0) is 18.0. The molecule has 2 amide bonds. The van der Waals surface area contributed by atoms with Gasteiger partial charge in [0.25, 0.3) is 5.91 Å². The first-order chi connectivity index (χ1) is 12.0. The van der Waals surface area contributed by atoms with E-state index in [0.29, 0.717) is 5.69 Å². The van der Waals surface area contributed by atoms with E-state index in [-0.39, 0.29) is 30.0 Å². The number of esters is 1. The first kappa shape index (κ1) is 16.6. The standard InChI is InChI=1S/C18H17N3O4/c1-21-16(22)8-7-14(20-21)17(23)19-15-10-12-6-4-3-5-11(12)9-13(15)18(24)25-2/h3-6,9-10H,7-8H2,1-2H3,(H,19,23). The third-order valence-electron chi connectivity index (χ3n) is 4.01. The Morgan fingerprint density at radius 2 is 1.84 bits per heavy atom. The van der Waals surface area contributed by atoms with Crippen LogP contribution in [0.4, 0.5) is 5.69 Å². The Labute approximate surface area is 144 Å². The molecule has 128 valence electrons. The SMILES string of the molecule is COC(=O)c1cc2ccccc2cc1NC(=O)C1=NN(C)C(=O)CC1. The summed E-state index contributed by atoms with van der Waals surface area (Å²) in [6.07, 6.45) is 0.487. The fraction of sp³-hybridized carbons (Fsp3) is 0.222. The highest BCUT2D eigenvalue weighted by molar-refractivity contribution is 6.44. The molecule has 0 aromatic heterocycles. The minimum Gasteiger partial charge on any atom is -0.465 e. The van der Waals surface area contributed by atoms with Gasteiger partial charge >= 0.3 is 5.97 Å². The van der Waals surface area contributed by atoms with E-state index >= 15 is 0 Å². The zero-order valence-electron chi connectivity index (χ0n) is 13.9. The van der Waals surface area contributed by atoms with Crippen LogP contribution >= 0.6 is 0 Å². The fourth-order valence-corrected chi connectivity index (χ4v) is 2.65. The van der Waals surface area contributed by atoms with Gasteiger partial charge in [-0.3, -0.25) is 9.59 Å². The van der Waals surface area contributed by atoms with Crippen LogP contribution in [0.1, 0.15) is 23.2 Å². The molecule has 0 radical (unpaired) electrons. The van der Waals surface area contributed by atoms with Crippen molar-refractivity contribution in [3.8, 4) is 0 Å². The maximum Gasteiger partial charge on any atom is 0.339 e. The number of benzene rings is 2. The van der Waals surface area contributed by atoms with Crippen molar-refractivity contribution < 1.29 is 19.1 Å². The molecule has 0 fully saturated rings. The summed E-state index contributed by atoms with van der Waals surface area (Å²) in [6, 6.07) is 10.9. The van der Waals surface area contributed by atoms with E-state index in [0.717, 1.165) is 15.8 Å². The van der Waals surface area contributed by atoms with Crippen molar-refractivity contribution in [2.75, 3.05) is 19.5 Å². The third-order valence-corrected chi connectivity index (χ3v) is 4.01. The lowest BCUT2D eigenvalue weighted by Gasteiger charge is -2.19. The number of amides is 2. The second-order valence-electron chi connectivity index (χ2n) is 5.65. The summed E-state index contributed by atoms with van der Waals surface area (Å²) in [5.41, 5.74) is 0.847. The molecule has 2 aromatic rings. The number of hydrazone groups is 1. The second kappa shape index (κ2) is 6.72. The summed E-state index contributed by atoms with van der Waals surface area (Å²) >= 11 is 0.